The highest BCUT2D eigenvalue weighted by molar-refractivity contribution is 5.85. The largest absolute Gasteiger partial charge is 0.484 e. The molecule has 3 heterocycles. The predicted molar refractivity (Wildman–Crippen MR) is 144 cm³/mol. The summed E-state index contributed by atoms with van der Waals surface area (Å²) in [7, 11) is 0. The fraction of sp³-hybridized carbons (Fsp3) is 0.172. The molecular weight excluding hydrogens is 484 g/mol. The van der Waals surface area contributed by atoms with E-state index in [9.17, 15) is 9.59 Å². The number of nitrogens with zero attached hydrogens (tertiary/aromatic N) is 4. The van der Waals surface area contributed by atoms with Gasteiger partial charge in [0.25, 0.3) is 11.5 Å². The topological polar surface area (TPSA) is 99.2 Å². The first-order valence-corrected chi connectivity index (χ1v) is 12.3. The first-order chi connectivity index (χ1) is 18.7. The van der Waals surface area contributed by atoms with Crippen LogP contribution in [0.3, 0.4) is 0 Å². The van der Waals surface area contributed by atoms with Crippen molar-refractivity contribution in [2.75, 3.05) is 32.9 Å². The Labute approximate surface area is 217 Å². The molecule has 0 saturated carbocycles. The van der Waals surface area contributed by atoms with E-state index in [0.29, 0.717) is 65.7 Å². The fourth-order valence-corrected chi connectivity index (χ4v) is 4.34. The van der Waals surface area contributed by atoms with E-state index in [4.69, 9.17) is 18.9 Å². The van der Waals surface area contributed by atoms with E-state index < -0.39 is 0 Å². The van der Waals surface area contributed by atoms with E-state index >= 15 is 0 Å². The number of benzene rings is 3. The van der Waals surface area contributed by atoms with Crippen molar-refractivity contribution in [2.24, 2.45) is 5.10 Å². The molecule has 1 fully saturated rings. The number of amides is 1. The molecule has 2 aromatic heterocycles. The Morgan fingerprint density at radius 1 is 1.00 bits per heavy atom. The van der Waals surface area contributed by atoms with Gasteiger partial charge in [-0.2, -0.15) is 9.78 Å². The Kier molecular flexibility index (Phi) is 6.41. The molecule has 38 heavy (non-hydrogen) atoms. The summed E-state index contributed by atoms with van der Waals surface area (Å²) >= 11 is 0. The molecule has 9 nitrogen and oxygen atoms in total. The lowest BCUT2D eigenvalue weighted by atomic mass is 10.2. The van der Waals surface area contributed by atoms with Crippen molar-refractivity contribution >= 4 is 34.0 Å². The lowest BCUT2D eigenvalue weighted by Crippen LogP contribution is -2.42. The van der Waals surface area contributed by atoms with Crippen molar-refractivity contribution in [1.29, 1.82) is 0 Å². The summed E-state index contributed by atoms with van der Waals surface area (Å²) in [5.74, 6) is 1.17. The summed E-state index contributed by atoms with van der Waals surface area (Å²) in [4.78, 5) is 32.3. The number of rotatable bonds is 6. The second kappa shape index (κ2) is 10.3. The number of furan rings is 1. The average molecular weight is 509 g/mol. The molecule has 0 radical (unpaired) electrons. The third-order valence-electron chi connectivity index (χ3n) is 6.31. The first kappa shape index (κ1) is 23.6. The first-order valence-electron chi connectivity index (χ1n) is 12.3. The molecular formula is C29H24N4O5. The lowest BCUT2D eigenvalue weighted by Gasteiger charge is -2.26. The van der Waals surface area contributed by atoms with E-state index in [1.54, 1.807) is 47.5 Å². The van der Waals surface area contributed by atoms with Crippen LogP contribution in [0.2, 0.25) is 0 Å². The van der Waals surface area contributed by atoms with Crippen molar-refractivity contribution in [3.63, 3.8) is 0 Å². The minimum Gasteiger partial charge on any atom is -0.484 e. The van der Waals surface area contributed by atoms with Crippen LogP contribution in [-0.2, 0) is 9.53 Å². The lowest BCUT2D eigenvalue weighted by molar-refractivity contribution is -0.137. The van der Waals surface area contributed by atoms with E-state index in [2.05, 4.69) is 5.10 Å². The van der Waals surface area contributed by atoms with Gasteiger partial charge < -0.3 is 18.8 Å². The molecule has 0 unspecified atom stereocenters. The van der Waals surface area contributed by atoms with E-state index in [-0.39, 0.29) is 18.1 Å². The zero-order valence-electron chi connectivity index (χ0n) is 20.4. The summed E-state index contributed by atoms with van der Waals surface area (Å²) in [6, 6.07) is 23.8. The molecule has 0 N–H and O–H groups in total. The van der Waals surface area contributed by atoms with Crippen LogP contribution in [0.25, 0.3) is 33.5 Å². The zero-order valence-corrected chi connectivity index (χ0v) is 20.4. The van der Waals surface area contributed by atoms with Crippen molar-refractivity contribution in [2.45, 2.75) is 0 Å². The minimum atomic E-state index is -0.314. The molecule has 3 aromatic carbocycles. The summed E-state index contributed by atoms with van der Waals surface area (Å²) in [5.41, 5.74) is 1.62. The van der Waals surface area contributed by atoms with Gasteiger partial charge >= 0.3 is 0 Å². The van der Waals surface area contributed by atoms with Gasteiger partial charge in [-0.3, -0.25) is 9.59 Å². The van der Waals surface area contributed by atoms with Crippen LogP contribution >= 0.6 is 0 Å². The highest BCUT2D eigenvalue weighted by Gasteiger charge is 2.18. The summed E-state index contributed by atoms with van der Waals surface area (Å²) < 4.78 is 18.3. The van der Waals surface area contributed by atoms with Crippen molar-refractivity contribution in [3.05, 3.63) is 94.8 Å². The number of aromatic nitrogens is 2. The highest BCUT2D eigenvalue weighted by atomic mass is 16.5. The van der Waals surface area contributed by atoms with Gasteiger partial charge in [-0.05, 0) is 42.0 Å². The van der Waals surface area contributed by atoms with Crippen molar-refractivity contribution < 1.29 is 18.7 Å². The molecule has 1 aliphatic rings. The molecule has 0 spiro atoms. The molecule has 9 heteroatoms. The van der Waals surface area contributed by atoms with Crippen molar-refractivity contribution in [3.8, 4) is 17.3 Å². The van der Waals surface area contributed by atoms with Crippen LogP contribution in [0, 0.1) is 0 Å². The third kappa shape index (κ3) is 4.79. The monoisotopic (exact) mass is 508 g/mol. The number of morpholine rings is 1. The number of hydrogen-bond acceptors (Lipinski definition) is 7. The van der Waals surface area contributed by atoms with Crippen LogP contribution in [0.1, 0.15) is 5.56 Å². The van der Waals surface area contributed by atoms with Crippen LogP contribution in [-0.4, -0.2) is 59.6 Å². The van der Waals surface area contributed by atoms with Crippen LogP contribution in [0.4, 0.5) is 0 Å². The quantitative estimate of drug-likeness (QED) is 0.322. The maximum atomic E-state index is 13.4. The third-order valence-corrected chi connectivity index (χ3v) is 6.31. The highest BCUT2D eigenvalue weighted by Crippen LogP contribution is 2.27. The maximum absolute atomic E-state index is 13.4. The number of ether oxygens (including phenoxy) is 2. The zero-order chi connectivity index (χ0) is 25.9. The van der Waals surface area contributed by atoms with Gasteiger partial charge in [0.05, 0.1) is 30.3 Å². The summed E-state index contributed by atoms with van der Waals surface area (Å²) in [6.07, 6.45) is 1.56. The number of fused-ring (bicyclic) bond motifs is 2. The summed E-state index contributed by atoms with van der Waals surface area (Å²) in [5, 5.41) is 5.84. The molecule has 1 amide bonds. The fourth-order valence-electron chi connectivity index (χ4n) is 4.34. The van der Waals surface area contributed by atoms with Gasteiger partial charge in [-0.15, -0.1) is 0 Å². The summed E-state index contributed by atoms with van der Waals surface area (Å²) in [6.45, 7) is 2.15. The number of hydrogen-bond donors (Lipinski definition) is 0. The van der Waals surface area contributed by atoms with Gasteiger partial charge in [0.2, 0.25) is 5.82 Å². The molecule has 1 saturated heterocycles. The predicted octanol–water partition coefficient (Wildman–Crippen LogP) is 3.93. The van der Waals surface area contributed by atoms with Gasteiger partial charge in [0.1, 0.15) is 11.3 Å². The van der Waals surface area contributed by atoms with Gasteiger partial charge in [0, 0.05) is 18.5 Å². The second-order valence-corrected chi connectivity index (χ2v) is 8.82. The number of carbonyl (C=O) groups is 1. The Bertz CT molecular complexity index is 1680. The normalized spacial score (nSPS) is 13.9. The Balaban J connectivity index is 1.31. The molecule has 5 aromatic rings. The Morgan fingerprint density at radius 2 is 1.82 bits per heavy atom. The smallest absolute Gasteiger partial charge is 0.282 e. The molecule has 0 atom stereocenters. The SMILES string of the molecule is O=C(COc1cccc(C=Nn2c(-c3cc4ccccc4o3)nc3ccccc3c2=O)c1)N1CCOCC1. The number of para-hydroxylation sites is 2. The standard InChI is InChI=1S/C29H24N4O5/c34-27(32-12-14-36-15-13-32)19-37-22-8-5-6-20(16-22)18-30-33-28(26-17-21-7-1-4-11-25(21)38-26)31-24-10-3-2-9-23(24)29(33)35/h1-11,16-18H,12-15,19H2. The second-order valence-electron chi connectivity index (χ2n) is 8.82. The van der Waals surface area contributed by atoms with Crippen molar-refractivity contribution in [1.82, 2.24) is 14.6 Å². The number of carbonyl (C=O) groups excluding carboxylic acids is 1. The van der Waals surface area contributed by atoms with E-state index in [1.165, 1.54) is 4.68 Å². The van der Waals surface area contributed by atoms with Gasteiger partial charge in [-0.1, -0.05) is 42.5 Å². The van der Waals surface area contributed by atoms with Crippen LogP contribution < -0.4 is 10.3 Å². The molecule has 0 bridgehead atoms. The Hall–Kier alpha value is -4.76. The molecule has 1 aliphatic heterocycles. The molecule has 6 rings (SSSR count). The van der Waals surface area contributed by atoms with E-state index in [1.807, 2.05) is 42.5 Å². The average Bonchev–Trinajstić information content (AvgIpc) is 3.40. The van der Waals surface area contributed by atoms with Gasteiger partial charge in [0.15, 0.2) is 12.4 Å². The van der Waals surface area contributed by atoms with Crippen LogP contribution in [0.15, 0.2) is 93.2 Å². The molecule has 190 valence electrons. The Morgan fingerprint density at radius 3 is 2.68 bits per heavy atom. The van der Waals surface area contributed by atoms with Gasteiger partial charge in [-0.25, -0.2) is 4.98 Å². The molecule has 0 aliphatic carbocycles. The maximum Gasteiger partial charge on any atom is 0.282 e. The van der Waals surface area contributed by atoms with E-state index in [0.717, 1.165) is 5.39 Å². The minimum absolute atomic E-state index is 0.0646. The van der Waals surface area contributed by atoms with Crippen LogP contribution in [0.5, 0.6) is 5.75 Å².